The molecule has 0 saturated carbocycles. The average molecular weight is 436 g/mol. The van der Waals surface area contributed by atoms with Gasteiger partial charge in [0.15, 0.2) is 0 Å². The molecular formula is C23H21FN4O4. The van der Waals surface area contributed by atoms with Gasteiger partial charge >= 0.3 is 0 Å². The van der Waals surface area contributed by atoms with E-state index in [0.717, 1.165) is 6.07 Å². The molecule has 1 aromatic heterocycles. The highest BCUT2D eigenvalue weighted by Crippen LogP contribution is 2.26. The second kappa shape index (κ2) is 8.26. The third-order valence-corrected chi connectivity index (χ3v) is 5.69. The van der Waals surface area contributed by atoms with Crippen LogP contribution in [0.4, 0.5) is 4.39 Å². The van der Waals surface area contributed by atoms with Gasteiger partial charge in [-0.15, -0.1) is 0 Å². The lowest BCUT2D eigenvalue weighted by Gasteiger charge is -2.39. The van der Waals surface area contributed by atoms with Crippen molar-refractivity contribution in [3.8, 4) is 0 Å². The van der Waals surface area contributed by atoms with Gasteiger partial charge in [-0.05, 0) is 31.2 Å². The van der Waals surface area contributed by atoms with Crippen molar-refractivity contribution in [2.45, 2.75) is 13.0 Å². The minimum absolute atomic E-state index is 0.0225. The number of nitrogens with two attached hydrogens (primary N) is 1. The Hall–Kier alpha value is -4.01. The highest BCUT2D eigenvalue weighted by molar-refractivity contribution is 6.45. The number of piperazine rings is 1. The summed E-state index contributed by atoms with van der Waals surface area (Å²) in [7, 11) is 0. The summed E-state index contributed by atoms with van der Waals surface area (Å²) in [4.78, 5) is 55.9. The van der Waals surface area contributed by atoms with Crippen molar-refractivity contribution >= 4 is 34.4 Å². The van der Waals surface area contributed by atoms with Gasteiger partial charge in [0.2, 0.25) is 0 Å². The minimum atomic E-state index is -0.897. The van der Waals surface area contributed by atoms with Gasteiger partial charge in [-0.1, -0.05) is 18.2 Å². The summed E-state index contributed by atoms with van der Waals surface area (Å²) in [5, 5.41) is -0.148. The maximum absolute atomic E-state index is 14.5. The number of nitrogens with one attached hydrogen (secondary N) is 1. The van der Waals surface area contributed by atoms with Crippen LogP contribution in [0.3, 0.4) is 0 Å². The number of carbonyl (C=O) groups is 4. The average Bonchev–Trinajstić information content (AvgIpc) is 3.24. The first-order valence-electron chi connectivity index (χ1n) is 10.1. The Morgan fingerprint density at radius 2 is 1.75 bits per heavy atom. The lowest BCUT2D eigenvalue weighted by Crippen LogP contribution is -2.56. The van der Waals surface area contributed by atoms with Gasteiger partial charge < -0.3 is 20.5 Å². The fraction of sp³-hybridized carbons (Fsp3) is 0.217. The Labute approximate surface area is 182 Å². The molecule has 32 heavy (non-hydrogen) atoms. The number of Topliss-reactive ketones (excluding diaryl/α,β-unsaturated/α-hetero) is 1. The van der Waals surface area contributed by atoms with E-state index < -0.39 is 29.5 Å². The number of H-pyrrole nitrogens is 1. The predicted octanol–water partition coefficient (Wildman–Crippen LogP) is 1.96. The zero-order valence-electron chi connectivity index (χ0n) is 17.3. The second-order valence-corrected chi connectivity index (χ2v) is 7.71. The number of hydrogen-bond acceptors (Lipinski definition) is 4. The number of aromatic amines is 1. The summed E-state index contributed by atoms with van der Waals surface area (Å²) in [6.07, 6.45) is 1.21. The number of nitrogens with zero attached hydrogens (tertiary/aromatic N) is 2. The maximum Gasteiger partial charge on any atom is 0.295 e. The van der Waals surface area contributed by atoms with E-state index >= 15 is 0 Å². The van der Waals surface area contributed by atoms with Crippen LogP contribution in [-0.4, -0.2) is 64.0 Å². The number of halogens is 1. The van der Waals surface area contributed by atoms with Gasteiger partial charge in [-0.2, -0.15) is 0 Å². The number of ketones is 1. The molecule has 3 amide bonds. The summed E-state index contributed by atoms with van der Waals surface area (Å²) in [6.45, 7) is 2.45. The van der Waals surface area contributed by atoms with Crippen LogP contribution < -0.4 is 5.73 Å². The summed E-state index contributed by atoms with van der Waals surface area (Å²) in [5.74, 6) is -3.36. The van der Waals surface area contributed by atoms with Crippen LogP contribution in [0.1, 0.15) is 38.0 Å². The van der Waals surface area contributed by atoms with Gasteiger partial charge in [0, 0.05) is 42.8 Å². The molecule has 1 atom stereocenters. The maximum atomic E-state index is 14.5. The second-order valence-electron chi connectivity index (χ2n) is 7.71. The molecule has 2 heterocycles. The molecule has 3 aromatic rings. The lowest BCUT2D eigenvalue weighted by molar-refractivity contribution is -0.130. The SMILES string of the molecule is CC1CN(C(=O)c2ccccc2)CCN1C(=O)C(=O)c1c[nH]c2c(C(N)=O)ccc(F)c12. The van der Waals surface area contributed by atoms with E-state index in [9.17, 15) is 23.6 Å². The predicted molar refractivity (Wildman–Crippen MR) is 115 cm³/mol. The number of fused-ring (bicyclic) bond motifs is 1. The van der Waals surface area contributed by atoms with E-state index in [1.54, 1.807) is 36.1 Å². The van der Waals surface area contributed by atoms with Crippen molar-refractivity contribution in [2.75, 3.05) is 19.6 Å². The Kier molecular flexibility index (Phi) is 5.48. The molecule has 9 heteroatoms. The topological polar surface area (TPSA) is 117 Å². The van der Waals surface area contributed by atoms with E-state index in [0.29, 0.717) is 5.56 Å². The molecule has 4 rings (SSSR count). The van der Waals surface area contributed by atoms with Crippen LogP contribution in [0.5, 0.6) is 0 Å². The summed E-state index contributed by atoms with van der Waals surface area (Å²) in [5.41, 5.74) is 5.79. The number of amides is 3. The number of hydrogen-bond donors (Lipinski definition) is 2. The van der Waals surface area contributed by atoms with Crippen molar-refractivity contribution in [1.29, 1.82) is 0 Å². The molecule has 3 N–H and O–H groups in total. The normalized spacial score (nSPS) is 16.2. The summed E-state index contributed by atoms with van der Waals surface area (Å²) >= 11 is 0. The number of carbonyl (C=O) groups excluding carboxylic acids is 4. The molecule has 164 valence electrons. The Morgan fingerprint density at radius 3 is 2.41 bits per heavy atom. The molecule has 0 radical (unpaired) electrons. The smallest absolute Gasteiger partial charge is 0.295 e. The molecule has 1 saturated heterocycles. The first-order valence-corrected chi connectivity index (χ1v) is 10.1. The van der Waals surface area contributed by atoms with Crippen molar-refractivity contribution < 1.29 is 23.6 Å². The highest BCUT2D eigenvalue weighted by atomic mass is 19.1. The summed E-state index contributed by atoms with van der Waals surface area (Å²) in [6, 6.07) is 10.7. The van der Waals surface area contributed by atoms with Crippen molar-refractivity contribution in [3.05, 3.63) is 71.2 Å². The molecule has 1 unspecified atom stereocenters. The van der Waals surface area contributed by atoms with E-state index in [-0.39, 0.29) is 47.6 Å². The van der Waals surface area contributed by atoms with Crippen LogP contribution in [0.25, 0.3) is 10.9 Å². The van der Waals surface area contributed by atoms with Gasteiger partial charge in [-0.25, -0.2) is 4.39 Å². The van der Waals surface area contributed by atoms with E-state index in [4.69, 9.17) is 5.73 Å². The highest BCUT2D eigenvalue weighted by Gasteiger charge is 2.34. The number of primary amides is 1. The molecule has 2 aromatic carbocycles. The van der Waals surface area contributed by atoms with Crippen LogP contribution in [0.15, 0.2) is 48.7 Å². The number of aromatic nitrogens is 1. The van der Waals surface area contributed by atoms with E-state index in [2.05, 4.69) is 4.98 Å². The van der Waals surface area contributed by atoms with Crippen molar-refractivity contribution in [3.63, 3.8) is 0 Å². The third kappa shape index (κ3) is 3.62. The molecule has 8 nitrogen and oxygen atoms in total. The number of rotatable bonds is 4. The largest absolute Gasteiger partial charge is 0.366 e. The third-order valence-electron chi connectivity index (χ3n) is 5.69. The molecule has 0 aliphatic carbocycles. The zero-order chi connectivity index (χ0) is 23.0. The van der Waals surface area contributed by atoms with Crippen LogP contribution in [0.2, 0.25) is 0 Å². The van der Waals surface area contributed by atoms with E-state index in [1.165, 1.54) is 17.2 Å². The van der Waals surface area contributed by atoms with Gasteiger partial charge in [0.1, 0.15) is 5.82 Å². The summed E-state index contributed by atoms with van der Waals surface area (Å²) < 4.78 is 14.5. The fourth-order valence-electron chi connectivity index (χ4n) is 4.04. The van der Waals surface area contributed by atoms with Crippen LogP contribution in [-0.2, 0) is 4.79 Å². The van der Waals surface area contributed by atoms with E-state index in [1.807, 2.05) is 6.07 Å². The Bertz CT molecular complexity index is 1240. The Morgan fingerprint density at radius 1 is 1.03 bits per heavy atom. The Balaban J connectivity index is 1.54. The monoisotopic (exact) mass is 436 g/mol. The van der Waals surface area contributed by atoms with Gasteiger partial charge in [0.05, 0.1) is 16.6 Å². The zero-order valence-corrected chi connectivity index (χ0v) is 17.3. The molecule has 0 bridgehead atoms. The fourth-order valence-corrected chi connectivity index (χ4v) is 4.04. The van der Waals surface area contributed by atoms with Crippen LogP contribution >= 0.6 is 0 Å². The lowest BCUT2D eigenvalue weighted by atomic mass is 10.0. The quantitative estimate of drug-likeness (QED) is 0.480. The van der Waals surface area contributed by atoms with Crippen molar-refractivity contribution in [2.24, 2.45) is 5.73 Å². The van der Waals surface area contributed by atoms with Crippen LogP contribution in [0, 0.1) is 5.82 Å². The molecule has 1 aliphatic rings. The standard InChI is InChI=1S/C23H21FN4O4/c1-13-12-27(22(31)14-5-3-2-4-6-14)9-10-28(13)23(32)20(29)16-11-26-19-15(21(25)30)7-8-17(24)18(16)19/h2-8,11,13,26H,9-10,12H2,1H3,(H2,25,30). The van der Waals surface area contributed by atoms with Gasteiger partial charge in [-0.3, -0.25) is 19.2 Å². The molecule has 1 fully saturated rings. The first-order chi connectivity index (χ1) is 15.3. The van der Waals surface area contributed by atoms with Gasteiger partial charge in [0.25, 0.3) is 23.5 Å². The molecule has 1 aliphatic heterocycles. The molecule has 0 spiro atoms. The first kappa shape index (κ1) is 21.2. The number of benzene rings is 2. The minimum Gasteiger partial charge on any atom is -0.366 e. The van der Waals surface area contributed by atoms with Crippen molar-refractivity contribution in [1.82, 2.24) is 14.8 Å². The molecular weight excluding hydrogens is 415 g/mol.